The fourth-order valence-corrected chi connectivity index (χ4v) is 1.57. The van der Waals surface area contributed by atoms with Crippen molar-refractivity contribution in [2.24, 2.45) is 0 Å². The number of aryl methyl sites for hydroxylation is 1. The fraction of sp³-hybridized carbons (Fsp3) is 0.273. The zero-order chi connectivity index (χ0) is 10.7. The number of carboxylic acids is 1. The largest absolute Gasteiger partial charge is 0.481 e. The summed E-state index contributed by atoms with van der Waals surface area (Å²) in [6, 6.07) is 5.94. The molecule has 0 spiro atoms. The van der Waals surface area contributed by atoms with Crippen molar-refractivity contribution in [3.8, 4) is 0 Å². The summed E-state index contributed by atoms with van der Waals surface area (Å²) in [6.45, 7) is 0. The topological polar surface area (TPSA) is 54.6 Å². The van der Waals surface area contributed by atoms with Crippen molar-refractivity contribution in [2.45, 2.75) is 19.3 Å². The van der Waals surface area contributed by atoms with E-state index in [2.05, 4.69) is 5.10 Å². The van der Waals surface area contributed by atoms with Crippen molar-refractivity contribution in [1.82, 2.24) is 9.61 Å². The molecule has 0 aliphatic carbocycles. The third kappa shape index (κ3) is 2.34. The molecule has 78 valence electrons. The standard InChI is InChI=1S/C11H12N2O2/c14-11(15)3-1-2-9-5-7-13-10(8-9)4-6-12-13/h4-8H,1-3H2,(H,14,15). The van der Waals surface area contributed by atoms with Crippen LogP contribution < -0.4 is 0 Å². The lowest BCUT2D eigenvalue weighted by Crippen LogP contribution is -1.96. The summed E-state index contributed by atoms with van der Waals surface area (Å²) in [7, 11) is 0. The van der Waals surface area contributed by atoms with Crippen LogP contribution in [0.3, 0.4) is 0 Å². The third-order valence-electron chi connectivity index (χ3n) is 2.32. The lowest BCUT2D eigenvalue weighted by atomic mass is 10.1. The van der Waals surface area contributed by atoms with Crippen LogP contribution in [0.25, 0.3) is 5.52 Å². The molecule has 2 aromatic heterocycles. The molecule has 0 saturated carbocycles. The van der Waals surface area contributed by atoms with Crippen LogP contribution in [0.2, 0.25) is 0 Å². The Morgan fingerprint density at radius 3 is 3.13 bits per heavy atom. The van der Waals surface area contributed by atoms with Gasteiger partial charge in [-0.2, -0.15) is 5.10 Å². The fourth-order valence-electron chi connectivity index (χ4n) is 1.57. The molecule has 2 aromatic rings. The van der Waals surface area contributed by atoms with Gasteiger partial charge < -0.3 is 5.11 Å². The van der Waals surface area contributed by atoms with Gasteiger partial charge in [-0.1, -0.05) is 0 Å². The van der Waals surface area contributed by atoms with E-state index in [1.54, 1.807) is 10.7 Å². The summed E-state index contributed by atoms with van der Waals surface area (Å²) in [5.41, 5.74) is 2.20. The Morgan fingerprint density at radius 2 is 2.33 bits per heavy atom. The molecule has 2 heterocycles. The van der Waals surface area contributed by atoms with Gasteiger partial charge in [0, 0.05) is 18.8 Å². The first kappa shape index (κ1) is 9.71. The monoisotopic (exact) mass is 204 g/mol. The number of nitrogens with zero attached hydrogens (tertiary/aromatic N) is 2. The Balaban J connectivity index is 2.04. The van der Waals surface area contributed by atoms with Crippen molar-refractivity contribution >= 4 is 11.5 Å². The maximum absolute atomic E-state index is 10.3. The number of rotatable bonds is 4. The highest BCUT2D eigenvalue weighted by molar-refractivity contribution is 5.66. The van der Waals surface area contributed by atoms with Crippen molar-refractivity contribution in [1.29, 1.82) is 0 Å². The van der Waals surface area contributed by atoms with E-state index >= 15 is 0 Å². The Bertz CT molecular complexity index is 476. The maximum Gasteiger partial charge on any atom is 0.303 e. The van der Waals surface area contributed by atoms with E-state index in [4.69, 9.17) is 5.11 Å². The van der Waals surface area contributed by atoms with E-state index < -0.39 is 5.97 Å². The minimum absolute atomic E-state index is 0.227. The highest BCUT2D eigenvalue weighted by Crippen LogP contribution is 2.09. The van der Waals surface area contributed by atoms with E-state index in [1.807, 2.05) is 24.4 Å². The number of fused-ring (bicyclic) bond motifs is 1. The van der Waals surface area contributed by atoms with Gasteiger partial charge in [0.1, 0.15) is 0 Å². The molecule has 4 nitrogen and oxygen atoms in total. The molecule has 1 N–H and O–H groups in total. The van der Waals surface area contributed by atoms with Gasteiger partial charge in [0.05, 0.1) is 5.52 Å². The van der Waals surface area contributed by atoms with Gasteiger partial charge in [-0.3, -0.25) is 4.79 Å². The predicted octanol–water partition coefficient (Wildman–Crippen LogP) is 1.74. The SMILES string of the molecule is O=C(O)CCCc1ccn2nccc2c1. The second kappa shape index (κ2) is 4.13. The van der Waals surface area contributed by atoms with Gasteiger partial charge in [0.25, 0.3) is 0 Å². The molecule has 0 saturated heterocycles. The average molecular weight is 204 g/mol. The number of hydrogen-bond acceptors (Lipinski definition) is 2. The van der Waals surface area contributed by atoms with Crippen molar-refractivity contribution in [3.05, 3.63) is 36.2 Å². The molecule has 0 aliphatic heterocycles. The van der Waals surface area contributed by atoms with Crippen LogP contribution in [0.1, 0.15) is 18.4 Å². The second-order valence-corrected chi connectivity index (χ2v) is 3.48. The Labute approximate surface area is 87.2 Å². The number of carbonyl (C=O) groups is 1. The number of carboxylic acid groups (broad SMARTS) is 1. The molecule has 0 aromatic carbocycles. The van der Waals surface area contributed by atoms with E-state index in [1.165, 1.54) is 0 Å². The van der Waals surface area contributed by atoms with Crippen LogP contribution in [-0.4, -0.2) is 20.7 Å². The lowest BCUT2D eigenvalue weighted by molar-refractivity contribution is -0.137. The Kier molecular flexibility index (Phi) is 2.67. The zero-order valence-corrected chi connectivity index (χ0v) is 8.26. The van der Waals surface area contributed by atoms with Gasteiger partial charge >= 0.3 is 5.97 Å². The Morgan fingerprint density at radius 1 is 1.47 bits per heavy atom. The quantitative estimate of drug-likeness (QED) is 0.825. The normalized spacial score (nSPS) is 10.7. The molecule has 0 fully saturated rings. The first-order chi connectivity index (χ1) is 7.25. The minimum atomic E-state index is -0.736. The summed E-state index contributed by atoms with van der Waals surface area (Å²) in [5, 5.41) is 12.6. The van der Waals surface area contributed by atoms with Crippen molar-refractivity contribution in [3.63, 3.8) is 0 Å². The van der Waals surface area contributed by atoms with Crippen LogP contribution in [0, 0.1) is 0 Å². The molecular weight excluding hydrogens is 192 g/mol. The first-order valence-corrected chi connectivity index (χ1v) is 4.90. The van der Waals surface area contributed by atoms with E-state index in [9.17, 15) is 4.79 Å². The molecule has 15 heavy (non-hydrogen) atoms. The molecule has 4 heteroatoms. The molecular formula is C11H12N2O2. The summed E-state index contributed by atoms with van der Waals surface area (Å²) >= 11 is 0. The van der Waals surface area contributed by atoms with Gasteiger partial charge in [0.15, 0.2) is 0 Å². The molecule has 0 atom stereocenters. The molecule has 0 amide bonds. The van der Waals surface area contributed by atoms with E-state index in [0.717, 1.165) is 17.5 Å². The summed E-state index contributed by atoms with van der Waals surface area (Å²) in [6.07, 6.45) is 5.35. The molecule has 0 unspecified atom stereocenters. The molecule has 0 aliphatic rings. The van der Waals surface area contributed by atoms with Crippen LogP contribution in [-0.2, 0) is 11.2 Å². The molecule has 0 radical (unpaired) electrons. The Hall–Kier alpha value is -1.84. The lowest BCUT2D eigenvalue weighted by Gasteiger charge is -2.00. The van der Waals surface area contributed by atoms with E-state index in [0.29, 0.717) is 6.42 Å². The smallest absolute Gasteiger partial charge is 0.303 e. The zero-order valence-electron chi connectivity index (χ0n) is 8.26. The van der Waals surface area contributed by atoms with Crippen LogP contribution >= 0.6 is 0 Å². The highest BCUT2D eigenvalue weighted by atomic mass is 16.4. The van der Waals surface area contributed by atoms with Gasteiger partial charge in [0.2, 0.25) is 0 Å². The number of aromatic nitrogens is 2. The second-order valence-electron chi connectivity index (χ2n) is 3.48. The molecule has 0 bridgehead atoms. The van der Waals surface area contributed by atoms with Gasteiger partial charge in [-0.15, -0.1) is 0 Å². The summed E-state index contributed by atoms with van der Waals surface area (Å²) in [5.74, 6) is -0.736. The maximum atomic E-state index is 10.3. The van der Waals surface area contributed by atoms with Crippen LogP contribution in [0.5, 0.6) is 0 Å². The van der Waals surface area contributed by atoms with Crippen LogP contribution in [0.15, 0.2) is 30.6 Å². The van der Waals surface area contributed by atoms with Gasteiger partial charge in [-0.05, 0) is 36.6 Å². The third-order valence-corrected chi connectivity index (χ3v) is 2.32. The predicted molar refractivity (Wildman–Crippen MR) is 55.8 cm³/mol. The summed E-state index contributed by atoms with van der Waals surface area (Å²) < 4.78 is 1.79. The van der Waals surface area contributed by atoms with Crippen molar-refractivity contribution < 1.29 is 9.90 Å². The average Bonchev–Trinajstić information content (AvgIpc) is 2.64. The summed E-state index contributed by atoms with van der Waals surface area (Å²) in [4.78, 5) is 10.3. The van der Waals surface area contributed by atoms with Gasteiger partial charge in [-0.25, -0.2) is 4.52 Å². The number of aliphatic carboxylic acids is 1. The minimum Gasteiger partial charge on any atom is -0.481 e. The molecule has 2 rings (SSSR count). The highest BCUT2D eigenvalue weighted by Gasteiger charge is 1.99. The van der Waals surface area contributed by atoms with E-state index in [-0.39, 0.29) is 6.42 Å². The van der Waals surface area contributed by atoms with Crippen molar-refractivity contribution in [2.75, 3.05) is 0 Å². The van der Waals surface area contributed by atoms with Crippen LogP contribution in [0.4, 0.5) is 0 Å². The first-order valence-electron chi connectivity index (χ1n) is 4.90. The number of hydrogen-bond donors (Lipinski definition) is 1. The number of pyridine rings is 1.